The van der Waals surface area contributed by atoms with Crippen molar-refractivity contribution in [2.45, 2.75) is 25.4 Å². The van der Waals surface area contributed by atoms with Gasteiger partial charge in [0.2, 0.25) is 0 Å². The zero-order valence-electron chi connectivity index (χ0n) is 5.17. The van der Waals surface area contributed by atoms with E-state index in [0.29, 0.717) is 0 Å². The molecule has 9 heavy (non-hydrogen) atoms. The first kappa shape index (κ1) is 6.55. The molecule has 1 saturated carbocycles. The molecule has 0 aromatic rings. The van der Waals surface area contributed by atoms with E-state index in [2.05, 4.69) is 0 Å². The Balaban J connectivity index is 1.97. The SMILES string of the molecule is O=C(O)COC1CCC1. The van der Waals surface area contributed by atoms with E-state index < -0.39 is 5.97 Å². The van der Waals surface area contributed by atoms with Gasteiger partial charge in [0.05, 0.1) is 6.10 Å². The average Bonchev–Trinajstić information content (AvgIpc) is 1.60. The second-order valence-corrected chi connectivity index (χ2v) is 2.26. The number of carboxylic acid groups (broad SMARTS) is 1. The van der Waals surface area contributed by atoms with Crippen LogP contribution in [-0.2, 0) is 9.53 Å². The number of carbonyl (C=O) groups is 1. The highest BCUT2D eigenvalue weighted by atomic mass is 16.5. The second-order valence-electron chi connectivity index (χ2n) is 2.26. The van der Waals surface area contributed by atoms with Crippen LogP contribution in [0, 0.1) is 0 Å². The first-order valence-electron chi connectivity index (χ1n) is 3.12. The summed E-state index contributed by atoms with van der Waals surface area (Å²) in [6.07, 6.45) is 3.49. The molecule has 1 rings (SSSR count). The van der Waals surface area contributed by atoms with Crippen molar-refractivity contribution in [3.63, 3.8) is 0 Å². The number of rotatable bonds is 3. The Hall–Kier alpha value is -0.570. The lowest BCUT2D eigenvalue weighted by Crippen LogP contribution is -2.24. The maximum absolute atomic E-state index is 9.92. The fourth-order valence-electron chi connectivity index (χ4n) is 0.727. The second kappa shape index (κ2) is 2.82. The quantitative estimate of drug-likeness (QED) is 0.609. The molecule has 0 spiro atoms. The highest BCUT2D eigenvalue weighted by Gasteiger charge is 2.18. The van der Waals surface area contributed by atoms with Crippen molar-refractivity contribution < 1.29 is 14.6 Å². The summed E-state index contributed by atoms with van der Waals surface area (Å²) in [6.45, 7) is -0.134. The molecule has 0 atom stereocenters. The Bertz CT molecular complexity index is 107. The average molecular weight is 130 g/mol. The van der Waals surface area contributed by atoms with Crippen LogP contribution in [0.5, 0.6) is 0 Å². The molecule has 1 aliphatic rings. The predicted molar refractivity (Wildman–Crippen MR) is 31.2 cm³/mol. The molecule has 0 amide bonds. The van der Waals surface area contributed by atoms with Gasteiger partial charge in [0.15, 0.2) is 0 Å². The Morgan fingerprint density at radius 1 is 1.67 bits per heavy atom. The Morgan fingerprint density at radius 2 is 2.33 bits per heavy atom. The van der Waals surface area contributed by atoms with Gasteiger partial charge in [-0.15, -0.1) is 0 Å². The van der Waals surface area contributed by atoms with Crippen LogP contribution in [0.3, 0.4) is 0 Å². The summed E-state index contributed by atoms with van der Waals surface area (Å²) in [5.74, 6) is -0.873. The summed E-state index contributed by atoms with van der Waals surface area (Å²) in [7, 11) is 0. The van der Waals surface area contributed by atoms with Gasteiger partial charge in [0, 0.05) is 0 Å². The minimum atomic E-state index is -0.873. The van der Waals surface area contributed by atoms with E-state index in [0.717, 1.165) is 12.8 Å². The third kappa shape index (κ3) is 2.01. The molecule has 0 radical (unpaired) electrons. The summed E-state index contributed by atoms with van der Waals surface area (Å²) in [6, 6.07) is 0. The molecule has 0 aliphatic heterocycles. The smallest absolute Gasteiger partial charge is 0.329 e. The Morgan fingerprint density at radius 3 is 2.67 bits per heavy atom. The van der Waals surface area contributed by atoms with Crippen molar-refractivity contribution in [3.05, 3.63) is 0 Å². The molecule has 1 aliphatic carbocycles. The lowest BCUT2D eigenvalue weighted by atomic mass is 9.96. The molecular weight excluding hydrogens is 120 g/mol. The van der Waals surface area contributed by atoms with Gasteiger partial charge in [-0.05, 0) is 19.3 Å². The molecule has 0 heterocycles. The van der Waals surface area contributed by atoms with Crippen LogP contribution in [0.2, 0.25) is 0 Å². The first-order chi connectivity index (χ1) is 4.29. The van der Waals surface area contributed by atoms with Crippen LogP contribution in [0.4, 0.5) is 0 Å². The Kier molecular flexibility index (Phi) is 2.05. The highest BCUT2D eigenvalue weighted by Crippen LogP contribution is 2.21. The fraction of sp³-hybridized carbons (Fsp3) is 0.833. The van der Waals surface area contributed by atoms with E-state index >= 15 is 0 Å². The van der Waals surface area contributed by atoms with Crippen LogP contribution in [0.1, 0.15) is 19.3 Å². The van der Waals surface area contributed by atoms with E-state index in [1.165, 1.54) is 6.42 Å². The molecule has 52 valence electrons. The molecule has 0 saturated heterocycles. The minimum absolute atomic E-state index is 0.134. The number of hydrogen-bond donors (Lipinski definition) is 1. The van der Waals surface area contributed by atoms with E-state index in [4.69, 9.17) is 9.84 Å². The zero-order valence-corrected chi connectivity index (χ0v) is 5.17. The van der Waals surface area contributed by atoms with Crippen molar-refractivity contribution in [3.8, 4) is 0 Å². The standard InChI is InChI=1S/C6H10O3/c7-6(8)4-9-5-2-1-3-5/h5H,1-4H2,(H,7,8). The van der Waals surface area contributed by atoms with Gasteiger partial charge in [-0.2, -0.15) is 0 Å². The summed E-state index contributed by atoms with van der Waals surface area (Å²) in [5.41, 5.74) is 0. The molecule has 1 N–H and O–H groups in total. The van der Waals surface area contributed by atoms with Crippen molar-refractivity contribution >= 4 is 5.97 Å². The third-order valence-electron chi connectivity index (χ3n) is 1.49. The molecule has 0 unspecified atom stereocenters. The lowest BCUT2D eigenvalue weighted by Gasteiger charge is -2.24. The number of ether oxygens (including phenoxy) is 1. The predicted octanol–water partition coefficient (Wildman–Crippen LogP) is 0.640. The van der Waals surface area contributed by atoms with Gasteiger partial charge >= 0.3 is 5.97 Å². The maximum atomic E-state index is 9.92. The summed E-state index contributed by atoms with van der Waals surface area (Å²) in [5, 5.41) is 8.16. The maximum Gasteiger partial charge on any atom is 0.329 e. The zero-order chi connectivity index (χ0) is 6.69. The Labute approximate surface area is 53.6 Å². The molecule has 3 nitrogen and oxygen atoms in total. The highest BCUT2D eigenvalue weighted by molar-refractivity contribution is 5.68. The number of hydrogen-bond acceptors (Lipinski definition) is 2. The minimum Gasteiger partial charge on any atom is -0.480 e. The van der Waals surface area contributed by atoms with E-state index in [1.807, 2.05) is 0 Å². The normalized spacial score (nSPS) is 19.1. The number of carboxylic acids is 1. The van der Waals surface area contributed by atoms with Gasteiger partial charge in [-0.1, -0.05) is 0 Å². The van der Waals surface area contributed by atoms with Gasteiger partial charge < -0.3 is 9.84 Å². The van der Waals surface area contributed by atoms with Gasteiger partial charge in [-0.3, -0.25) is 0 Å². The van der Waals surface area contributed by atoms with Crippen molar-refractivity contribution in [1.82, 2.24) is 0 Å². The van der Waals surface area contributed by atoms with Crippen LogP contribution in [0.15, 0.2) is 0 Å². The van der Waals surface area contributed by atoms with E-state index in [1.54, 1.807) is 0 Å². The van der Waals surface area contributed by atoms with Crippen LogP contribution >= 0.6 is 0 Å². The van der Waals surface area contributed by atoms with Gasteiger partial charge in [0.25, 0.3) is 0 Å². The van der Waals surface area contributed by atoms with Crippen LogP contribution in [-0.4, -0.2) is 23.8 Å². The van der Waals surface area contributed by atoms with Gasteiger partial charge in [0.1, 0.15) is 6.61 Å². The monoisotopic (exact) mass is 130 g/mol. The van der Waals surface area contributed by atoms with Crippen molar-refractivity contribution in [1.29, 1.82) is 0 Å². The molecule has 3 heteroatoms. The van der Waals surface area contributed by atoms with Crippen molar-refractivity contribution in [2.75, 3.05) is 6.61 Å². The molecule has 1 fully saturated rings. The number of aliphatic carboxylic acids is 1. The van der Waals surface area contributed by atoms with E-state index in [9.17, 15) is 4.79 Å². The summed E-state index contributed by atoms with van der Waals surface area (Å²) in [4.78, 5) is 9.92. The summed E-state index contributed by atoms with van der Waals surface area (Å²) < 4.78 is 4.94. The molecule has 0 aromatic carbocycles. The van der Waals surface area contributed by atoms with Gasteiger partial charge in [-0.25, -0.2) is 4.79 Å². The van der Waals surface area contributed by atoms with Crippen LogP contribution < -0.4 is 0 Å². The topological polar surface area (TPSA) is 46.5 Å². The first-order valence-corrected chi connectivity index (χ1v) is 3.12. The molecule has 0 bridgehead atoms. The van der Waals surface area contributed by atoms with Crippen molar-refractivity contribution in [2.24, 2.45) is 0 Å². The summed E-state index contributed by atoms with van der Waals surface area (Å²) >= 11 is 0. The largest absolute Gasteiger partial charge is 0.480 e. The van der Waals surface area contributed by atoms with E-state index in [-0.39, 0.29) is 12.7 Å². The fourth-order valence-corrected chi connectivity index (χ4v) is 0.727. The molecule has 0 aromatic heterocycles. The third-order valence-corrected chi connectivity index (χ3v) is 1.49. The molecular formula is C6H10O3. The lowest BCUT2D eigenvalue weighted by molar-refractivity contribution is -0.146. The van der Waals surface area contributed by atoms with Crippen LogP contribution in [0.25, 0.3) is 0 Å².